The van der Waals surface area contributed by atoms with Crippen LogP contribution in [0.4, 0.5) is 0 Å². The third kappa shape index (κ3) is 4.34. The molecule has 1 aliphatic rings. The summed E-state index contributed by atoms with van der Waals surface area (Å²) < 4.78 is 16.4. The van der Waals surface area contributed by atoms with E-state index in [-0.39, 0.29) is 11.9 Å². The van der Waals surface area contributed by atoms with Gasteiger partial charge >= 0.3 is 0 Å². The summed E-state index contributed by atoms with van der Waals surface area (Å²) in [6.07, 6.45) is 1.10. The van der Waals surface area contributed by atoms with Crippen molar-refractivity contribution in [1.82, 2.24) is 5.01 Å². The van der Waals surface area contributed by atoms with E-state index in [1.54, 1.807) is 20.4 Å². The number of benzene rings is 2. The first-order chi connectivity index (χ1) is 13.3. The van der Waals surface area contributed by atoms with Gasteiger partial charge in [0.1, 0.15) is 17.5 Å². The van der Waals surface area contributed by atoms with E-state index in [1.165, 1.54) is 5.01 Å². The fourth-order valence-corrected chi connectivity index (χ4v) is 3.01. The molecule has 6 nitrogen and oxygen atoms in total. The standard InChI is InChI=1S/C22H26N2O4/c1-22(2,3)28-20-19(16-8-12-18(27-5)13-9-16)24(21(20)25)23-14-15-6-10-17(26-4)11-7-15/h6-14,19-20H,1-5H3/b23-14+/t19-,20+/m0/s1. The predicted octanol–water partition coefficient (Wildman–Crippen LogP) is 3.80. The van der Waals surface area contributed by atoms with Gasteiger partial charge in [-0.2, -0.15) is 5.10 Å². The zero-order chi connectivity index (χ0) is 20.3. The zero-order valence-corrected chi connectivity index (χ0v) is 16.9. The lowest BCUT2D eigenvalue weighted by atomic mass is 9.92. The predicted molar refractivity (Wildman–Crippen MR) is 108 cm³/mol. The molecule has 1 heterocycles. The monoisotopic (exact) mass is 382 g/mol. The summed E-state index contributed by atoms with van der Waals surface area (Å²) in [6, 6.07) is 14.8. The Labute approximate surface area is 165 Å². The van der Waals surface area contributed by atoms with Gasteiger partial charge in [-0.1, -0.05) is 12.1 Å². The van der Waals surface area contributed by atoms with Crippen molar-refractivity contribution in [2.45, 2.75) is 38.5 Å². The van der Waals surface area contributed by atoms with Crippen molar-refractivity contribution in [2.24, 2.45) is 5.10 Å². The Hall–Kier alpha value is -2.86. The van der Waals surface area contributed by atoms with Gasteiger partial charge in [-0.3, -0.25) is 4.79 Å². The highest BCUT2D eigenvalue weighted by Gasteiger charge is 2.51. The highest BCUT2D eigenvalue weighted by molar-refractivity contribution is 5.90. The van der Waals surface area contributed by atoms with Crippen molar-refractivity contribution < 1.29 is 19.0 Å². The van der Waals surface area contributed by atoms with Crippen LogP contribution >= 0.6 is 0 Å². The molecule has 1 fully saturated rings. The fraction of sp³-hybridized carbons (Fsp3) is 0.364. The van der Waals surface area contributed by atoms with Gasteiger partial charge < -0.3 is 14.2 Å². The Morgan fingerprint density at radius 2 is 1.46 bits per heavy atom. The van der Waals surface area contributed by atoms with Gasteiger partial charge in [0.15, 0.2) is 6.10 Å². The molecule has 2 atom stereocenters. The average molecular weight is 382 g/mol. The molecule has 0 bridgehead atoms. The van der Waals surface area contributed by atoms with Crippen molar-refractivity contribution in [1.29, 1.82) is 0 Å². The topological polar surface area (TPSA) is 60.4 Å². The van der Waals surface area contributed by atoms with Gasteiger partial charge in [-0.25, -0.2) is 5.01 Å². The van der Waals surface area contributed by atoms with E-state index in [1.807, 2.05) is 69.3 Å². The molecule has 0 unspecified atom stereocenters. The van der Waals surface area contributed by atoms with E-state index in [9.17, 15) is 4.79 Å². The molecule has 6 heteroatoms. The number of hydrazone groups is 1. The van der Waals surface area contributed by atoms with E-state index in [0.29, 0.717) is 0 Å². The number of β-lactam (4-membered cyclic amide) rings is 1. The molecular weight excluding hydrogens is 356 g/mol. The summed E-state index contributed by atoms with van der Waals surface area (Å²) in [6.45, 7) is 5.82. The van der Waals surface area contributed by atoms with Crippen LogP contribution in [0.15, 0.2) is 53.6 Å². The lowest BCUT2D eigenvalue weighted by Gasteiger charge is -2.45. The van der Waals surface area contributed by atoms with E-state index in [0.717, 1.165) is 22.6 Å². The highest BCUT2D eigenvalue weighted by atomic mass is 16.5. The van der Waals surface area contributed by atoms with Crippen molar-refractivity contribution in [3.05, 3.63) is 59.7 Å². The molecule has 1 amide bonds. The van der Waals surface area contributed by atoms with Crippen LogP contribution in [0.5, 0.6) is 11.5 Å². The first-order valence-electron chi connectivity index (χ1n) is 9.15. The van der Waals surface area contributed by atoms with Crippen molar-refractivity contribution in [2.75, 3.05) is 14.2 Å². The minimum absolute atomic E-state index is 0.152. The molecule has 0 saturated carbocycles. The molecule has 0 N–H and O–H groups in total. The quantitative estimate of drug-likeness (QED) is 0.563. The number of nitrogens with zero attached hydrogens (tertiary/aromatic N) is 2. The number of hydrogen-bond donors (Lipinski definition) is 0. The largest absolute Gasteiger partial charge is 0.497 e. The second kappa shape index (κ2) is 8.02. The normalized spacial score (nSPS) is 19.6. The molecule has 2 aromatic rings. The van der Waals surface area contributed by atoms with E-state index < -0.39 is 11.7 Å². The maximum atomic E-state index is 12.7. The lowest BCUT2D eigenvalue weighted by Crippen LogP contribution is -2.59. The molecule has 1 aliphatic heterocycles. The molecule has 0 aliphatic carbocycles. The molecule has 148 valence electrons. The number of carbonyl (C=O) groups is 1. The Morgan fingerprint density at radius 1 is 0.929 bits per heavy atom. The number of rotatable bonds is 6. The molecule has 0 radical (unpaired) electrons. The van der Waals surface area contributed by atoms with Crippen molar-refractivity contribution >= 4 is 12.1 Å². The number of amides is 1. The van der Waals surface area contributed by atoms with Gasteiger partial charge in [0.05, 0.1) is 26.0 Å². The summed E-state index contributed by atoms with van der Waals surface area (Å²) in [5.41, 5.74) is 1.39. The maximum absolute atomic E-state index is 12.7. The summed E-state index contributed by atoms with van der Waals surface area (Å²) in [7, 11) is 3.25. The summed E-state index contributed by atoms with van der Waals surface area (Å²) in [5.74, 6) is 1.38. The second-order valence-electron chi connectivity index (χ2n) is 7.57. The summed E-state index contributed by atoms with van der Waals surface area (Å²) >= 11 is 0. The Bertz CT molecular complexity index is 838. The third-order valence-electron chi connectivity index (χ3n) is 4.40. The minimum atomic E-state index is -0.568. The molecule has 3 rings (SSSR count). The first kappa shape index (κ1) is 19.9. The van der Waals surface area contributed by atoms with E-state index in [4.69, 9.17) is 14.2 Å². The Morgan fingerprint density at radius 3 is 1.96 bits per heavy atom. The van der Waals surface area contributed by atoms with Crippen LogP contribution in [0, 0.1) is 0 Å². The highest BCUT2D eigenvalue weighted by Crippen LogP contribution is 2.39. The van der Waals surface area contributed by atoms with E-state index >= 15 is 0 Å². The van der Waals surface area contributed by atoms with Crippen LogP contribution in [0.3, 0.4) is 0 Å². The molecule has 0 spiro atoms. The number of methoxy groups -OCH3 is 2. The fourth-order valence-electron chi connectivity index (χ4n) is 3.01. The number of carbonyl (C=O) groups excluding carboxylic acids is 1. The van der Waals surface area contributed by atoms with Gasteiger partial charge in [-0.05, 0) is 68.3 Å². The van der Waals surface area contributed by atoms with Gasteiger partial charge in [0.25, 0.3) is 5.91 Å². The lowest BCUT2D eigenvalue weighted by molar-refractivity contribution is -0.191. The SMILES string of the molecule is COc1ccc(/C=N/N2C(=O)[C@H](OC(C)(C)C)[C@@H]2c2ccc(OC)cc2)cc1. The molecule has 2 aromatic carbocycles. The van der Waals surface area contributed by atoms with Crippen LogP contribution in [0.1, 0.15) is 37.9 Å². The molecular formula is C22H26N2O4. The van der Waals surface area contributed by atoms with E-state index in [2.05, 4.69) is 5.10 Å². The zero-order valence-electron chi connectivity index (χ0n) is 16.9. The Balaban J connectivity index is 1.84. The summed E-state index contributed by atoms with van der Waals surface area (Å²) in [5, 5.41) is 5.90. The molecule has 28 heavy (non-hydrogen) atoms. The molecule has 0 aromatic heterocycles. The summed E-state index contributed by atoms with van der Waals surface area (Å²) in [4.78, 5) is 12.7. The number of ether oxygens (including phenoxy) is 3. The molecule has 1 saturated heterocycles. The van der Waals surface area contributed by atoms with Crippen LogP contribution < -0.4 is 9.47 Å². The van der Waals surface area contributed by atoms with Gasteiger partial charge in [0.2, 0.25) is 0 Å². The maximum Gasteiger partial charge on any atom is 0.275 e. The van der Waals surface area contributed by atoms with Crippen LogP contribution in [-0.2, 0) is 9.53 Å². The van der Waals surface area contributed by atoms with Crippen LogP contribution in [0.25, 0.3) is 0 Å². The van der Waals surface area contributed by atoms with Gasteiger partial charge in [-0.15, -0.1) is 0 Å². The van der Waals surface area contributed by atoms with Crippen molar-refractivity contribution in [3.63, 3.8) is 0 Å². The Kier molecular flexibility index (Phi) is 5.70. The second-order valence-corrected chi connectivity index (χ2v) is 7.57. The van der Waals surface area contributed by atoms with Crippen molar-refractivity contribution in [3.8, 4) is 11.5 Å². The van der Waals surface area contributed by atoms with Gasteiger partial charge in [0, 0.05) is 0 Å². The minimum Gasteiger partial charge on any atom is -0.497 e. The first-order valence-corrected chi connectivity index (χ1v) is 9.15. The average Bonchev–Trinajstić information content (AvgIpc) is 2.69. The van der Waals surface area contributed by atoms with Crippen LogP contribution in [-0.4, -0.2) is 43.1 Å². The number of hydrogen-bond acceptors (Lipinski definition) is 5. The third-order valence-corrected chi connectivity index (χ3v) is 4.40. The van der Waals surface area contributed by atoms with Crippen LogP contribution in [0.2, 0.25) is 0 Å². The smallest absolute Gasteiger partial charge is 0.275 e.